The van der Waals surface area contributed by atoms with Crippen LogP contribution in [0.2, 0.25) is 0 Å². The number of ether oxygens (including phenoxy) is 1. The third-order valence-electron chi connectivity index (χ3n) is 5.10. The molecule has 110 valence electrons. The molecule has 1 aliphatic heterocycles. The largest absolute Gasteiger partial charge is 0.492 e. The number of rotatable bonds is 4. The highest BCUT2D eigenvalue weighted by Gasteiger charge is 2.50. The molecule has 1 aromatic carbocycles. The van der Waals surface area contributed by atoms with Gasteiger partial charge in [-0.15, -0.1) is 0 Å². The average molecular weight is 273 g/mol. The third kappa shape index (κ3) is 2.24. The molecule has 1 saturated carbocycles. The first kappa shape index (κ1) is 13.9. The van der Waals surface area contributed by atoms with Crippen molar-refractivity contribution in [1.82, 2.24) is 5.32 Å². The SMILES string of the molecule is CCNC(c1ccc2c(c1)C(C)(C)CO2)C1CC1(C)C. The molecule has 0 radical (unpaired) electrons. The van der Waals surface area contributed by atoms with Crippen LogP contribution >= 0.6 is 0 Å². The Kier molecular flexibility index (Phi) is 3.13. The number of fused-ring (bicyclic) bond motifs is 1. The highest BCUT2D eigenvalue weighted by molar-refractivity contribution is 5.46. The standard InChI is InChI=1S/C18H27NO/c1-6-19-16(14-10-17(14,2)3)12-7-8-15-13(9-12)18(4,5)11-20-15/h7-9,14,16,19H,6,10-11H2,1-5H3. The molecule has 1 N–H and O–H groups in total. The van der Waals surface area contributed by atoms with Gasteiger partial charge in [0.15, 0.2) is 0 Å². The molecule has 2 unspecified atom stereocenters. The van der Waals surface area contributed by atoms with Crippen LogP contribution in [0.15, 0.2) is 18.2 Å². The molecule has 0 spiro atoms. The van der Waals surface area contributed by atoms with E-state index in [4.69, 9.17) is 4.74 Å². The minimum atomic E-state index is 0.140. The molecule has 0 aromatic heterocycles. The van der Waals surface area contributed by atoms with E-state index in [1.165, 1.54) is 17.5 Å². The molecule has 20 heavy (non-hydrogen) atoms. The number of hydrogen-bond donors (Lipinski definition) is 1. The maximum Gasteiger partial charge on any atom is 0.123 e. The lowest BCUT2D eigenvalue weighted by atomic mass is 9.84. The molecule has 3 rings (SSSR count). The van der Waals surface area contributed by atoms with E-state index in [-0.39, 0.29) is 5.41 Å². The lowest BCUT2D eigenvalue weighted by Crippen LogP contribution is -2.25. The molecular formula is C18H27NO. The predicted molar refractivity (Wildman–Crippen MR) is 83.3 cm³/mol. The van der Waals surface area contributed by atoms with E-state index in [1.807, 2.05) is 0 Å². The van der Waals surface area contributed by atoms with Gasteiger partial charge in [0.05, 0.1) is 6.61 Å². The van der Waals surface area contributed by atoms with Gasteiger partial charge in [-0.2, -0.15) is 0 Å². The van der Waals surface area contributed by atoms with Crippen molar-refractivity contribution in [3.8, 4) is 5.75 Å². The minimum Gasteiger partial charge on any atom is -0.492 e. The molecular weight excluding hydrogens is 246 g/mol. The molecule has 2 atom stereocenters. The number of nitrogens with one attached hydrogen (secondary N) is 1. The van der Waals surface area contributed by atoms with Gasteiger partial charge in [-0.3, -0.25) is 0 Å². The Morgan fingerprint density at radius 2 is 2.00 bits per heavy atom. The average Bonchev–Trinajstić information content (AvgIpc) is 2.90. The molecule has 1 heterocycles. The molecule has 2 aliphatic rings. The summed E-state index contributed by atoms with van der Waals surface area (Å²) in [6.07, 6.45) is 1.32. The van der Waals surface area contributed by atoms with Crippen LogP contribution < -0.4 is 10.1 Å². The van der Waals surface area contributed by atoms with Crippen LogP contribution in [0.5, 0.6) is 5.75 Å². The first-order chi connectivity index (χ1) is 9.35. The topological polar surface area (TPSA) is 21.3 Å². The van der Waals surface area contributed by atoms with Crippen LogP contribution in [-0.2, 0) is 5.41 Å². The van der Waals surface area contributed by atoms with Crippen LogP contribution in [0.3, 0.4) is 0 Å². The summed E-state index contributed by atoms with van der Waals surface area (Å²) in [6, 6.07) is 7.28. The molecule has 1 fully saturated rings. The molecule has 2 heteroatoms. The highest BCUT2D eigenvalue weighted by Crippen LogP contribution is 2.58. The van der Waals surface area contributed by atoms with Gasteiger partial charge in [0, 0.05) is 17.0 Å². The van der Waals surface area contributed by atoms with Crippen LogP contribution in [0.25, 0.3) is 0 Å². The normalized spacial score (nSPS) is 26.8. The quantitative estimate of drug-likeness (QED) is 0.893. The summed E-state index contributed by atoms with van der Waals surface area (Å²) >= 11 is 0. The van der Waals surface area contributed by atoms with E-state index in [0.29, 0.717) is 11.5 Å². The van der Waals surface area contributed by atoms with Crippen molar-refractivity contribution >= 4 is 0 Å². The van der Waals surface area contributed by atoms with Crippen LogP contribution in [0.1, 0.15) is 58.2 Å². The second-order valence-electron chi connectivity index (χ2n) is 7.76. The number of benzene rings is 1. The summed E-state index contributed by atoms with van der Waals surface area (Å²) in [7, 11) is 0. The second-order valence-corrected chi connectivity index (χ2v) is 7.76. The third-order valence-corrected chi connectivity index (χ3v) is 5.10. The Balaban J connectivity index is 1.93. The van der Waals surface area contributed by atoms with Crippen LogP contribution in [-0.4, -0.2) is 13.2 Å². The van der Waals surface area contributed by atoms with Crippen molar-refractivity contribution in [2.45, 2.75) is 52.5 Å². The zero-order valence-electron chi connectivity index (χ0n) is 13.4. The first-order valence-electron chi connectivity index (χ1n) is 7.86. The van der Waals surface area contributed by atoms with Crippen molar-refractivity contribution in [3.05, 3.63) is 29.3 Å². The van der Waals surface area contributed by atoms with Crippen molar-refractivity contribution in [3.63, 3.8) is 0 Å². The molecule has 1 aromatic rings. The van der Waals surface area contributed by atoms with E-state index < -0.39 is 0 Å². The lowest BCUT2D eigenvalue weighted by Gasteiger charge is -2.22. The fourth-order valence-electron chi connectivity index (χ4n) is 3.52. The van der Waals surface area contributed by atoms with Gasteiger partial charge >= 0.3 is 0 Å². The zero-order chi connectivity index (χ0) is 14.5. The smallest absolute Gasteiger partial charge is 0.123 e. The Morgan fingerprint density at radius 1 is 1.30 bits per heavy atom. The summed E-state index contributed by atoms with van der Waals surface area (Å²) < 4.78 is 5.81. The fourth-order valence-corrected chi connectivity index (χ4v) is 3.52. The zero-order valence-corrected chi connectivity index (χ0v) is 13.4. The Bertz CT molecular complexity index is 518. The molecule has 0 amide bonds. The lowest BCUT2D eigenvalue weighted by molar-refractivity contribution is 0.291. The summed E-state index contributed by atoms with van der Waals surface area (Å²) in [5, 5.41) is 3.69. The molecule has 0 bridgehead atoms. The number of hydrogen-bond acceptors (Lipinski definition) is 2. The van der Waals surface area contributed by atoms with E-state index in [0.717, 1.165) is 24.8 Å². The second kappa shape index (κ2) is 4.49. The van der Waals surface area contributed by atoms with Crippen LogP contribution in [0.4, 0.5) is 0 Å². The van der Waals surface area contributed by atoms with Gasteiger partial charge in [0.2, 0.25) is 0 Å². The van der Waals surface area contributed by atoms with Gasteiger partial charge in [0.1, 0.15) is 5.75 Å². The Labute approximate surface area is 122 Å². The summed E-state index contributed by atoms with van der Waals surface area (Å²) in [5.74, 6) is 1.83. The van der Waals surface area contributed by atoms with Crippen LogP contribution in [0, 0.1) is 11.3 Å². The summed E-state index contributed by atoms with van der Waals surface area (Å²) in [4.78, 5) is 0. The molecule has 0 saturated heterocycles. The van der Waals surface area contributed by atoms with E-state index >= 15 is 0 Å². The summed E-state index contributed by atoms with van der Waals surface area (Å²) in [5.41, 5.74) is 3.43. The first-order valence-corrected chi connectivity index (χ1v) is 7.86. The maximum atomic E-state index is 5.81. The monoisotopic (exact) mass is 273 g/mol. The Morgan fingerprint density at radius 3 is 2.60 bits per heavy atom. The van der Waals surface area contributed by atoms with Gasteiger partial charge in [-0.1, -0.05) is 40.7 Å². The van der Waals surface area contributed by atoms with Crippen molar-refractivity contribution in [2.75, 3.05) is 13.2 Å². The van der Waals surface area contributed by atoms with Crippen molar-refractivity contribution in [2.24, 2.45) is 11.3 Å². The molecule has 2 nitrogen and oxygen atoms in total. The minimum absolute atomic E-state index is 0.140. The maximum absolute atomic E-state index is 5.81. The van der Waals surface area contributed by atoms with Gasteiger partial charge < -0.3 is 10.1 Å². The van der Waals surface area contributed by atoms with Gasteiger partial charge in [-0.25, -0.2) is 0 Å². The van der Waals surface area contributed by atoms with E-state index in [1.54, 1.807) is 0 Å². The fraction of sp³-hybridized carbons (Fsp3) is 0.667. The van der Waals surface area contributed by atoms with Gasteiger partial charge in [0.25, 0.3) is 0 Å². The summed E-state index contributed by atoms with van der Waals surface area (Å²) in [6.45, 7) is 13.3. The molecule has 1 aliphatic carbocycles. The van der Waals surface area contributed by atoms with Crippen molar-refractivity contribution < 1.29 is 4.74 Å². The van der Waals surface area contributed by atoms with Crippen molar-refractivity contribution in [1.29, 1.82) is 0 Å². The van der Waals surface area contributed by atoms with E-state index in [2.05, 4.69) is 58.1 Å². The Hall–Kier alpha value is -1.02. The predicted octanol–water partition coefficient (Wildman–Crippen LogP) is 4.05. The highest BCUT2D eigenvalue weighted by atomic mass is 16.5. The van der Waals surface area contributed by atoms with Gasteiger partial charge in [-0.05, 0) is 42.0 Å². The van der Waals surface area contributed by atoms with E-state index in [9.17, 15) is 0 Å².